The molecule has 0 aliphatic carbocycles. The Morgan fingerprint density at radius 1 is 0.963 bits per heavy atom. The summed E-state index contributed by atoms with van der Waals surface area (Å²) in [4.78, 5) is 19.9. The molecule has 6 heteroatoms. The van der Waals surface area contributed by atoms with Crippen molar-refractivity contribution in [3.63, 3.8) is 0 Å². The molecule has 0 atom stereocenters. The summed E-state index contributed by atoms with van der Waals surface area (Å²) < 4.78 is 0. The van der Waals surface area contributed by atoms with Crippen LogP contribution in [-0.4, -0.2) is 43.0 Å². The van der Waals surface area contributed by atoms with Gasteiger partial charge >= 0.3 is 0 Å². The predicted octanol–water partition coefficient (Wildman–Crippen LogP) is 2.73. The number of aromatic nitrogens is 4. The van der Waals surface area contributed by atoms with Crippen molar-refractivity contribution in [3.8, 4) is 11.5 Å². The van der Waals surface area contributed by atoms with Crippen LogP contribution in [0.25, 0.3) is 11.5 Å². The monoisotopic (exact) mass is 361 g/mol. The van der Waals surface area contributed by atoms with Gasteiger partial charge in [0.05, 0.1) is 5.69 Å². The number of hydrogen-bond donors (Lipinski definition) is 1. The Kier molecular flexibility index (Phi) is 4.92. The number of piperidine rings is 1. The van der Waals surface area contributed by atoms with Gasteiger partial charge in [-0.25, -0.2) is 9.97 Å². The van der Waals surface area contributed by atoms with Crippen molar-refractivity contribution in [2.45, 2.75) is 31.9 Å². The molecule has 3 aromatic rings. The molecule has 0 spiro atoms. The minimum atomic E-state index is -0.830. The maximum absolute atomic E-state index is 11.0. The molecule has 0 bridgehead atoms. The summed E-state index contributed by atoms with van der Waals surface area (Å²) in [6.07, 6.45) is 8.63. The van der Waals surface area contributed by atoms with Gasteiger partial charge in [0.2, 0.25) is 0 Å². The van der Waals surface area contributed by atoms with Crippen molar-refractivity contribution < 1.29 is 5.11 Å². The highest BCUT2D eigenvalue weighted by atomic mass is 16.3. The second kappa shape index (κ2) is 7.50. The van der Waals surface area contributed by atoms with Gasteiger partial charge in [0.15, 0.2) is 5.82 Å². The van der Waals surface area contributed by atoms with Crippen LogP contribution in [0.1, 0.15) is 29.7 Å². The number of nitrogens with zero attached hydrogens (tertiary/aromatic N) is 5. The van der Waals surface area contributed by atoms with Crippen LogP contribution in [0.5, 0.6) is 0 Å². The second-order valence-electron chi connectivity index (χ2n) is 7.16. The minimum Gasteiger partial charge on any atom is -0.383 e. The minimum absolute atomic E-state index is 0.637. The summed E-state index contributed by atoms with van der Waals surface area (Å²) in [5.74, 6) is 0.637. The SMILES string of the molecule is Cc1ccc(C2(O)CCN(Cc3cnc(-c4ccccn4)nc3)CC2)nc1. The van der Waals surface area contributed by atoms with Crippen molar-refractivity contribution >= 4 is 0 Å². The molecule has 1 fully saturated rings. The molecule has 1 aliphatic rings. The van der Waals surface area contributed by atoms with Crippen LogP contribution in [0.15, 0.2) is 55.1 Å². The maximum Gasteiger partial charge on any atom is 0.178 e. The van der Waals surface area contributed by atoms with E-state index in [1.165, 1.54) is 0 Å². The van der Waals surface area contributed by atoms with E-state index in [4.69, 9.17) is 0 Å². The highest BCUT2D eigenvalue weighted by Gasteiger charge is 2.35. The van der Waals surface area contributed by atoms with E-state index in [9.17, 15) is 5.11 Å². The Morgan fingerprint density at radius 2 is 1.74 bits per heavy atom. The van der Waals surface area contributed by atoms with Crippen molar-refractivity contribution in [2.24, 2.45) is 0 Å². The van der Waals surface area contributed by atoms with E-state index in [0.717, 1.165) is 42.1 Å². The van der Waals surface area contributed by atoms with Gasteiger partial charge in [-0.15, -0.1) is 0 Å². The highest BCUT2D eigenvalue weighted by Crippen LogP contribution is 2.32. The Morgan fingerprint density at radius 3 is 2.37 bits per heavy atom. The fraction of sp³-hybridized carbons (Fsp3) is 0.333. The lowest BCUT2D eigenvalue weighted by Gasteiger charge is -2.37. The fourth-order valence-electron chi connectivity index (χ4n) is 3.40. The predicted molar refractivity (Wildman–Crippen MR) is 103 cm³/mol. The molecule has 1 saturated heterocycles. The van der Waals surface area contributed by atoms with Crippen LogP contribution >= 0.6 is 0 Å². The first-order chi connectivity index (χ1) is 13.1. The lowest BCUT2D eigenvalue weighted by Crippen LogP contribution is -2.42. The van der Waals surface area contributed by atoms with E-state index in [1.54, 1.807) is 6.20 Å². The summed E-state index contributed by atoms with van der Waals surface area (Å²) in [6, 6.07) is 9.65. The summed E-state index contributed by atoms with van der Waals surface area (Å²) in [7, 11) is 0. The Balaban J connectivity index is 1.37. The quantitative estimate of drug-likeness (QED) is 0.770. The topological polar surface area (TPSA) is 75.0 Å². The number of rotatable bonds is 4. The van der Waals surface area contributed by atoms with Crippen molar-refractivity contribution in [2.75, 3.05) is 13.1 Å². The fourth-order valence-corrected chi connectivity index (χ4v) is 3.40. The summed E-state index contributed by atoms with van der Waals surface area (Å²) in [5.41, 5.74) is 2.89. The Hall–Kier alpha value is -2.70. The maximum atomic E-state index is 11.0. The van der Waals surface area contributed by atoms with E-state index in [2.05, 4.69) is 24.8 Å². The third-order valence-corrected chi connectivity index (χ3v) is 5.08. The van der Waals surface area contributed by atoms with Crippen LogP contribution in [0.3, 0.4) is 0 Å². The van der Waals surface area contributed by atoms with E-state index in [1.807, 2.05) is 55.8 Å². The smallest absolute Gasteiger partial charge is 0.178 e. The average molecular weight is 361 g/mol. The first-order valence-corrected chi connectivity index (χ1v) is 9.23. The lowest BCUT2D eigenvalue weighted by atomic mass is 9.87. The number of aryl methyl sites for hydroxylation is 1. The lowest BCUT2D eigenvalue weighted by molar-refractivity contribution is -0.0311. The van der Waals surface area contributed by atoms with Crippen molar-refractivity contribution in [3.05, 3.63) is 71.9 Å². The van der Waals surface area contributed by atoms with Gasteiger partial charge in [0.25, 0.3) is 0 Å². The third kappa shape index (κ3) is 4.02. The van der Waals surface area contributed by atoms with Crippen LogP contribution < -0.4 is 0 Å². The van der Waals surface area contributed by atoms with Gasteiger partial charge in [-0.2, -0.15) is 0 Å². The first-order valence-electron chi connectivity index (χ1n) is 9.23. The summed E-state index contributed by atoms with van der Waals surface area (Å²) >= 11 is 0. The molecule has 138 valence electrons. The summed E-state index contributed by atoms with van der Waals surface area (Å²) in [6.45, 7) is 4.41. The molecule has 0 unspecified atom stereocenters. The zero-order valence-electron chi connectivity index (χ0n) is 15.4. The number of hydrogen-bond acceptors (Lipinski definition) is 6. The van der Waals surface area contributed by atoms with Crippen LogP contribution in [0, 0.1) is 6.92 Å². The Bertz CT molecular complexity index is 873. The van der Waals surface area contributed by atoms with Gasteiger partial charge in [0.1, 0.15) is 11.3 Å². The van der Waals surface area contributed by atoms with Crippen LogP contribution in [0.2, 0.25) is 0 Å². The van der Waals surface area contributed by atoms with E-state index in [0.29, 0.717) is 18.7 Å². The summed E-state index contributed by atoms with van der Waals surface area (Å²) in [5, 5.41) is 11.0. The molecular formula is C21H23N5O. The number of aliphatic hydroxyl groups is 1. The van der Waals surface area contributed by atoms with Gasteiger partial charge in [0, 0.05) is 50.0 Å². The van der Waals surface area contributed by atoms with Crippen LogP contribution in [0.4, 0.5) is 0 Å². The molecule has 27 heavy (non-hydrogen) atoms. The largest absolute Gasteiger partial charge is 0.383 e. The zero-order chi connectivity index (χ0) is 18.7. The van der Waals surface area contributed by atoms with Gasteiger partial charge in [-0.3, -0.25) is 14.9 Å². The normalized spacial score (nSPS) is 17.0. The molecule has 1 N–H and O–H groups in total. The van der Waals surface area contributed by atoms with E-state index < -0.39 is 5.60 Å². The highest BCUT2D eigenvalue weighted by molar-refractivity contribution is 5.47. The molecule has 6 nitrogen and oxygen atoms in total. The van der Waals surface area contributed by atoms with Crippen LogP contribution in [-0.2, 0) is 12.1 Å². The second-order valence-corrected chi connectivity index (χ2v) is 7.16. The molecule has 4 heterocycles. The molecule has 1 aliphatic heterocycles. The molecule has 0 radical (unpaired) electrons. The average Bonchev–Trinajstić information content (AvgIpc) is 2.71. The third-order valence-electron chi connectivity index (χ3n) is 5.08. The molecule has 3 aromatic heterocycles. The molecular weight excluding hydrogens is 338 g/mol. The standard InChI is InChI=1S/C21H23N5O/c1-16-5-6-19(23-12-16)21(27)7-10-26(11-8-21)15-17-13-24-20(25-14-17)18-4-2-3-9-22-18/h2-6,9,12-14,27H,7-8,10-11,15H2,1H3. The van der Waals surface area contributed by atoms with E-state index >= 15 is 0 Å². The molecule has 0 saturated carbocycles. The van der Waals surface area contributed by atoms with Crippen molar-refractivity contribution in [1.29, 1.82) is 0 Å². The van der Waals surface area contributed by atoms with E-state index in [-0.39, 0.29) is 0 Å². The van der Waals surface area contributed by atoms with Crippen molar-refractivity contribution in [1.82, 2.24) is 24.8 Å². The molecule has 4 rings (SSSR count). The molecule has 0 amide bonds. The molecule has 0 aromatic carbocycles. The van der Waals surface area contributed by atoms with Gasteiger partial charge < -0.3 is 5.11 Å². The Labute approximate surface area is 159 Å². The number of likely N-dealkylation sites (tertiary alicyclic amines) is 1. The first kappa shape index (κ1) is 17.7. The van der Waals surface area contributed by atoms with Gasteiger partial charge in [-0.1, -0.05) is 12.1 Å². The zero-order valence-corrected chi connectivity index (χ0v) is 15.4. The van der Waals surface area contributed by atoms with Gasteiger partial charge in [-0.05, 0) is 43.5 Å². The number of pyridine rings is 2.